The SMILES string of the molecule is CSCCC(=O)N1CC(Oc2ccc(Cl)cc2)C1. The average molecular weight is 286 g/mol. The fourth-order valence-electron chi connectivity index (χ4n) is 1.77. The van der Waals surface area contributed by atoms with Crippen molar-refractivity contribution >= 4 is 29.3 Å². The number of benzene rings is 1. The minimum Gasteiger partial charge on any atom is -0.487 e. The molecular formula is C13H16ClNO2S. The van der Waals surface area contributed by atoms with Crippen molar-refractivity contribution in [3.05, 3.63) is 29.3 Å². The maximum Gasteiger partial charge on any atom is 0.223 e. The van der Waals surface area contributed by atoms with Crippen LogP contribution in [0.2, 0.25) is 5.02 Å². The lowest BCUT2D eigenvalue weighted by Crippen LogP contribution is -2.56. The fraction of sp³-hybridized carbons (Fsp3) is 0.462. The number of hydrogen-bond donors (Lipinski definition) is 0. The van der Waals surface area contributed by atoms with Crippen molar-refractivity contribution in [2.75, 3.05) is 25.1 Å². The Morgan fingerprint density at radius 2 is 2.11 bits per heavy atom. The molecule has 18 heavy (non-hydrogen) atoms. The number of amides is 1. The van der Waals surface area contributed by atoms with Crippen LogP contribution in [0.1, 0.15) is 6.42 Å². The maximum absolute atomic E-state index is 11.7. The van der Waals surface area contributed by atoms with Gasteiger partial charge in [-0.2, -0.15) is 11.8 Å². The van der Waals surface area contributed by atoms with Crippen molar-refractivity contribution in [2.45, 2.75) is 12.5 Å². The highest BCUT2D eigenvalue weighted by Crippen LogP contribution is 2.20. The molecule has 0 spiro atoms. The van der Waals surface area contributed by atoms with E-state index < -0.39 is 0 Å². The molecule has 5 heteroatoms. The summed E-state index contributed by atoms with van der Waals surface area (Å²) in [6.45, 7) is 1.38. The number of ether oxygens (including phenoxy) is 1. The van der Waals surface area contributed by atoms with Crippen LogP contribution in [0.15, 0.2) is 24.3 Å². The number of halogens is 1. The molecule has 1 saturated heterocycles. The van der Waals surface area contributed by atoms with Crippen LogP contribution < -0.4 is 4.74 Å². The van der Waals surface area contributed by atoms with Crippen molar-refractivity contribution in [3.8, 4) is 5.75 Å². The topological polar surface area (TPSA) is 29.5 Å². The predicted octanol–water partition coefficient (Wildman–Crippen LogP) is 2.68. The molecule has 1 amide bonds. The molecule has 1 aliphatic rings. The molecule has 0 radical (unpaired) electrons. The van der Waals surface area contributed by atoms with Crippen molar-refractivity contribution in [1.82, 2.24) is 4.90 Å². The van der Waals surface area contributed by atoms with E-state index in [-0.39, 0.29) is 12.0 Å². The molecule has 0 saturated carbocycles. The zero-order valence-electron chi connectivity index (χ0n) is 10.3. The van der Waals surface area contributed by atoms with E-state index in [0.29, 0.717) is 24.5 Å². The molecule has 1 fully saturated rings. The van der Waals surface area contributed by atoms with Gasteiger partial charge in [-0.3, -0.25) is 4.79 Å². The summed E-state index contributed by atoms with van der Waals surface area (Å²) in [5, 5.41) is 0.699. The third-order valence-corrected chi connectivity index (χ3v) is 3.70. The monoisotopic (exact) mass is 285 g/mol. The number of hydrogen-bond acceptors (Lipinski definition) is 3. The molecule has 1 aromatic rings. The van der Waals surface area contributed by atoms with Gasteiger partial charge in [-0.1, -0.05) is 11.6 Å². The summed E-state index contributed by atoms with van der Waals surface area (Å²) in [7, 11) is 0. The molecule has 1 aromatic carbocycles. The van der Waals surface area contributed by atoms with Gasteiger partial charge in [0.15, 0.2) is 0 Å². The summed E-state index contributed by atoms with van der Waals surface area (Å²) in [4.78, 5) is 13.5. The highest BCUT2D eigenvalue weighted by atomic mass is 35.5. The summed E-state index contributed by atoms with van der Waals surface area (Å²) in [5.41, 5.74) is 0. The van der Waals surface area contributed by atoms with Crippen molar-refractivity contribution in [2.24, 2.45) is 0 Å². The van der Waals surface area contributed by atoms with E-state index in [0.717, 1.165) is 11.5 Å². The number of likely N-dealkylation sites (tertiary alicyclic amines) is 1. The van der Waals surface area contributed by atoms with Gasteiger partial charge in [-0.05, 0) is 30.5 Å². The van der Waals surface area contributed by atoms with Crippen LogP contribution in [0.25, 0.3) is 0 Å². The zero-order chi connectivity index (χ0) is 13.0. The molecular weight excluding hydrogens is 270 g/mol. The van der Waals surface area contributed by atoms with E-state index in [1.54, 1.807) is 23.9 Å². The third-order valence-electron chi connectivity index (χ3n) is 2.84. The van der Waals surface area contributed by atoms with Crippen LogP contribution in [0, 0.1) is 0 Å². The van der Waals surface area contributed by atoms with Gasteiger partial charge in [0.25, 0.3) is 0 Å². The Hall–Kier alpha value is -0.870. The van der Waals surface area contributed by atoms with Gasteiger partial charge in [0.05, 0.1) is 13.1 Å². The van der Waals surface area contributed by atoms with Crippen molar-refractivity contribution in [1.29, 1.82) is 0 Å². The van der Waals surface area contributed by atoms with Gasteiger partial charge in [0.1, 0.15) is 11.9 Å². The molecule has 0 atom stereocenters. The first-order valence-corrected chi connectivity index (χ1v) is 7.65. The molecule has 0 aromatic heterocycles. The van der Waals surface area contributed by atoms with Gasteiger partial charge in [0, 0.05) is 17.2 Å². The average Bonchev–Trinajstić information content (AvgIpc) is 2.32. The lowest BCUT2D eigenvalue weighted by molar-refractivity contribution is -0.139. The molecule has 0 bridgehead atoms. The number of carbonyl (C=O) groups is 1. The summed E-state index contributed by atoms with van der Waals surface area (Å²) < 4.78 is 5.73. The first kappa shape index (κ1) is 13.6. The van der Waals surface area contributed by atoms with E-state index >= 15 is 0 Å². The molecule has 0 aliphatic carbocycles. The second kappa shape index (κ2) is 6.34. The second-order valence-electron chi connectivity index (χ2n) is 4.24. The van der Waals surface area contributed by atoms with Crippen molar-refractivity contribution < 1.29 is 9.53 Å². The van der Waals surface area contributed by atoms with E-state index in [2.05, 4.69) is 0 Å². The number of rotatable bonds is 5. The summed E-state index contributed by atoms with van der Waals surface area (Å²) >= 11 is 7.49. The highest BCUT2D eigenvalue weighted by molar-refractivity contribution is 7.98. The van der Waals surface area contributed by atoms with Crippen LogP contribution in [-0.2, 0) is 4.79 Å². The normalized spacial score (nSPS) is 15.3. The Morgan fingerprint density at radius 3 is 2.72 bits per heavy atom. The van der Waals surface area contributed by atoms with Crippen LogP contribution >= 0.6 is 23.4 Å². The van der Waals surface area contributed by atoms with Gasteiger partial charge in [-0.25, -0.2) is 0 Å². The Kier molecular flexibility index (Phi) is 4.78. The minimum atomic E-state index is 0.115. The number of carbonyl (C=O) groups excluding carboxylic acids is 1. The molecule has 1 aliphatic heterocycles. The van der Waals surface area contributed by atoms with Gasteiger partial charge >= 0.3 is 0 Å². The van der Waals surface area contributed by atoms with E-state index in [4.69, 9.17) is 16.3 Å². The highest BCUT2D eigenvalue weighted by Gasteiger charge is 2.31. The molecule has 0 N–H and O–H groups in total. The smallest absolute Gasteiger partial charge is 0.223 e. The van der Waals surface area contributed by atoms with E-state index in [1.165, 1.54) is 0 Å². The molecule has 98 valence electrons. The van der Waals surface area contributed by atoms with Gasteiger partial charge in [-0.15, -0.1) is 0 Å². The second-order valence-corrected chi connectivity index (χ2v) is 5.66. The number of nitrogens with zero attached hydrogens (tertiary/aromatic N) is 1. The maximum atomic E-state index is 11.7. The minimum absolute atomic E-state index is 0.115. The quantitative estimate of drug-likeness (QED) is 0.833. The van der Waals surface area contributed by atoms with Crippen molar-refractivity contribution in [3.63, 3.8) is 0 Å². The predicted molar refractivity (Wildman–Crippen MR) is 75.4 cm³/mol. The van der Waals surface area contributed by atoms with Gasteiger partial charge < -0.3 is 9.64 Å². The largest absolute Gasteiger partial charge is 0.487 e. The molecule has 0 unspecified atom stereocenters. The first-order valence-electron chi connectivity index (χ1n) is 5.88. The third kappa shape index (κ3) is 3.56. The lowest BCUT2D eigenvalue weighted by Gasteiger charge is -2.39. The van der Waals surface area contributed by atoms with E-state index in [1.807, 2.05) is 23.3 Å². The van der Waals surface area contributed by atoms with Crippen LogP contribution in [0.3, 0.4) is 0 Å². The lowest BCUT2D eigenvalue weighted by atomic mass is 10.1. The van der Waals surface area contributed by atoms with Crippen LogP contribution in [-0.4, -0.2) is 42.0 Å². The number of thioether (sulfide) groups is 1. The van der Waals surface area contributed by atoms with E-state index in [9.17, 15) is 4.79 Å². The fourth-order valence-corrected chi connectivity index (χ4v) is 2.27. The zero-order valence-corrected chi connectivity index (χ0v) is 11.8. The summed E-state index contributed by atoms with van der Waals surface area (Å²) in [6, 6.07) is 7.30. The summed E-state index contributed by atoms with van der Waals surface area (Å²) in [5.74, 6) is 1.92. The summed E-state index contributed by atoms with van der Waals surface area (Å²) in [6.07, 6.45) is 2.74. The Bertz CT molecular complexity index is 404. The Morgan fingerprint density at radius 1 is 1.44 bits per heavy atom. The molecule has 1 heterocycles. The standard InChI is InChI=1S/C13H16ClNO2S/c1-18-7-6-13(16)15-8-12(9-15)17-11-4-2-10(14)3-5-11/h2-5,12H,6-9H2,1H3. The first-order chi connectivity index (χ1) is 8.69. The Labute approximate surface area is 116 Å². The molecule has 3 nitrogen and oxygen atoms in total. The van der Waals surface area contributed by atoms with Crippen LogP contribution in [0.4, 0.5) is 0 Å². The molecule has 2 rings (SSSR count). The Balaban J connectivity index is 1.73. The van der Waals surface area contributed by atoms with Gasteiger partial charge in [0.2, 0.25) is 5.91 Å². The van der Waals surface area contributed by atoms with Crippen LogP contribution in [0.5, 0.6) is 5.75 Å².